The van der Waals surface area contributed by atoms with Gasteiger partial charge in [0.25, 0.3) is 0 Å². The fraction of sp³-hybridized carbons (Fsp3) is 0.133. The van der Waals surface area contributed by atoms with Crippen LogP contribution in [0.3, 0.4) is 0 Å². The molecule has 2 aromatic rings. The number of benzene rings is 2. The van der Waals surface area contributed by atoms with E-state index in [2.05, 4.69) is 5.32 Å². The van der Waals surface area contributed by atoms with Crippen molar-refractivity contribution < 1.29 is 4.79 Å². The Morgan fingerprint density at radius 2 is 1.76 bits per heavy atom. The molecule has 0 bridgehead atoms. The van der Waals surface area contributed by atoms with Gasteiger partial charge in [-0.2, -0.15) is 0 Å². The average molecular weight is 225 g/mol. The van der Waals surface area contributed by atoms with Gasteiger partial charge >= 0.3 is 0 Å². The van der Waals surface area contributed by atoms with Crippen LogP contribution in [0.25, 0.3) is 0 Å². The number of para-hydroxylation sites is 1. The van der Waals surface area contributed by atoms with Gasteiger partial charge in [0.1, 0.15) is 0 Å². The summed E-state index contributed by atoms with van der Waals surface area (Å²) in [6, 6.07) is 15.7. The van der Waals surface area contributed by atoms with Crippen LogP contribution in [-0.4, -0.2) is 5.78 Å². The quantitative estimate of drug-likeness (QED) is 0.801. The summed E-state index contributed by atoms with van der Waals surface area (Å²) in [5.74, 6) is 0.0760. The first-order valence-corrected chi connectivity index (χ1v) is 5.60. The van der Waals surface area contributed by atoms with Crippen LogP contribution in [0.2, 0.25) is 0 Å². The number of carbonyl (C=O) groups is 1. The molecule has 0 radical (unpaired) electrons. The molecule has 0 saturated heterocycles. The van der Waals surface area contributed by atoms with Crippen molar-refractivity contribution in [3.05, 3.63) is 59.7 Å². The zero-order valence-corrected chi connectivity index (χ0v) is 10.0. The molecule has 17 heavy (non-hydrogen) atoms. The van der Waals surface area contributed by atoms with Gasteiger partial charge in [-0.15, -0.1) is 0 Å². The van der Waals surface area contributed by atoms with Crippen LogP contribution in [0.4, 0.5) is 11.4 Å². The van der Waals surface area contributed by atoms with Crippen molar-refractivity contribution in [1.29, 1.82) is 0 Å². The minimum absolute atomic E-state index is 0.0760. The minimum Gasteiger partial charge on any atom is -0.355 e. The molecule has 0 heterocycles. The Balaban J connectivity index is 2.36. The number of anilines is 2. The highest BCUT2D eigenvalue weighted by Crippen LogP contribution is 2.22. The lowest BCUT2D eigenvalue weighted by Crippen LogP contribution is -2.00. The molecule has 0 atom stereocenters. The number of aryl methyl sites for hydroxylation is 1. The van der Waals surface area contributed by atoms with Gasteiger partial charge in [-0.25, -0.2) is 0 Å². The Hall–Kier alpha value is -2.09. The molecule has 0 saturated carbocycles. The third-order valence-corrected chi connectivity index (χ3v) is 2.61. The summed E-state index contributed by atoms with van der Waals surface area (Å²) in [6.45, 7) is 3.57. The summed E-state index contributed by atoms with van der Waals surface area (Å²) < 4.78 is 0. The second-order valence-electron chi connectivity index (χ2n) is 4.10. The minimum atomic E-state index is 0.0760. The van der Waals surface area contributed by atoms with Gasteiger partial charge in [-0.3, -0.25) is 4.79 Å². The Bertz CT molecular complexity index is 532. The number of hydrogen-bond donors (Lipinski definition) is 1. The van der Waals surface area contributed by atoms with Gasteiger partial charge in [0.2, 0.25) is 0 Å². The molecule has 2 rings (SSSR count). The van der Waals surface area contributed by atoms with Crippen LogP contribution in [0.5, 0.6) is 0 Å². The molecule has 0 unspecified atom stereocenters. The van der Waals surface area contributed by atoms with Crippen molar-refractivity contribution in [3.63, 3.8) is 0 Å². The van der Waals surface area contributed by atoms with Gasteiger partial charge in [0.05, 0.1) is 0 Å². The predicted molar refractivity (Wildman–Crippen MR) is 70.9 cm³/mol. The third-order valence-electron chi connectivity index (χ3n) is 2.61. The lowest BCUT2D eigenvalue weighted by Gasteiger charge is -2.11. The summed E-state index contributed by atoms with van der Waals surface area (Å²) in [4.78, 5) is 11.6. The van der Waals surface area contributed by atoms with E-state index in [9.17, 15) is 4.79 Å². The number of nitrogens with one attached hydrogen (secondary N) is 1. The molecule has 0 aliphatic carbocycles. The lowest BCUT2D eigenvalue weighted by atomic mass is 10.1. The number of hydrogen-bond acceptors (Lipinski definition) is 2. The first kappa shape index (κ1) is 11.4. The van der Waals surface area contributed by atoms with Crippen LogP contribution < -0.4 is 5.32 Å². The van der Waals surface area contributed by atoms with E-state index < -0.39 is 0 Å². The molecule has 86 valence electrons. The van der Waals surface area contributed by atoms with Crippen LogP contribution in [0.1, 0.15) is 22.8 Å². The maximum absolute atomic E-state index is 11.6. The smallest absolute Gasteiger partial charge is 0.161 e. The Kier molecular flexibility index (Phi) is 3.24. The van der Waals surface area contributed by atoms with Crippen LogP contribution >= 0.6 is 0 Å². The Labute approximate surface area is 101 Å². The topological polar surface area (TPSA) is 29.1 Å². The molecule has 0 aliphatic heterocycles. The Morgan fingerprint density at radius 3 is 2.41 bits per heavy atom. The first-order chi connectivity index (χ1) is 8.16. The van der Waals surface area contributed by atoms with E-state index in [4.69, 9.17) is 0 Å². The average Bonchev–Trinajstić information content (AvgIpc) is 2.32. The molecule has 0 fully saturated rings. The SMILES string of the molecule is CC(=O)c1cc(C)ccc1Nc1ccccc1. The third kappa shape index (κ3) is 2.72. The molecule has 0 spiro atoms. The molecule has 2 heteroatoms. The molecular formula is C15H15NO. The van der Waals surface area contributed by atoms with Gasteiger partial charge in [0, 0.05) is 16.9 Å². The maximum Gasteiger partial charge on any atom is 0.161 e. The van der Waals surface area contributed by atoms with Crippen LogP contribution in [-0.2, 0) is 0 Å². The van der Waals surface area contributed by atoms with E-state index in [0.29, 0.717) is 0 Å². The molecule has 2 aromatic carbocycles. The van der Waals surface area contributed by atoms with E-state index in [1.165, 1.54) is 0 Å². The van der Waals surface area contributed by atoms with Crippen molar-refractivity contribution in [1.82, 2.24) is 0 Å². The fourth-order valence-corrected chi connectivity index (χ4v) is 1.74. The number of ketones is 1. The first-order valence-electron chi connectivity index (χ1n) is 5.60. The monoisotopic (exact) mass is 225 g/mol. The van der Waals surface area contributed by atoms with Crippen molar-refractivity contribution in [2.24, 2.45) is 0 Å². The van der Waals surface area contributed by atoms with E-state index in [1.807, 2.05) is 55.5 Å². The summed E-state index contributed by atoms with van der Waals surface area (Å²) in [7, 11) is 0. The number of Topliss-reactive ketones (excluding diaryl/α,β-unsaturated/α-hetero) is 1. The van der Waals surface area contributed by atoms with E-state index in [0.717, 1.165) is 22.5 Å². The zero-order valence-electron chi connectivity index (χ0n) is 10.0. The molecule has 0 aromatic heterocycles. The largest absolute Gasteiger partial charge is 0.355 e. The van der Waals surface area contributed by atoms with E-state index in [-0.39, 0.29) is 5.78 Å². The lowest BCUT2D eigenvalue weighted by molar-refractivity contribution is 0.101. The second kappa shape index (κ2) is 4.83. The Morgan fingerprint density at radius 1 is 1.06 bits per heavy atom. The van der Waals surface area contributed by atoms with Crippen LogP contribution in [0.15, 0.2) is 48.5 Å². The van der Waals surface area contributed by atoms with Crippen LogP contribution in [0, 0.1) is 6.92 Å². The normalized spacial score (nSPS) is 10.0. The highest BCUT2D eigenvalue weighted by atomic mass is 16.1. The highest BCUT2D eigenvalue weighted by Gasteiger charge is 2.07. The highest BCUT2D eigenvalue weighted by molar-refractivity contribution is 6.00. The number of carbonyl (C=O) groups excluding carboxylic acids is 1. The van der Waals surface area contributed by atoms with Gasteiger partial charge in [-0.1, -0.05) is 29.8 Å². The van der Waals surface area contributed by atoms with Crippen molar-refractivity contribution in [2.75, 3.05) is 5.32 Å². The van der Waals surface area contributed by atoms with E-state index >= 15 is 0 Å². The second-order valence-corrected chi connectivity index (χ2v) is 4.10. The summed E-state index contributed by atoms with van der Waals surface area (Å²) >= 11 is 0. The summed E-state index contributed by atoms with van der Waals surface area (Å²) in [5.41, 5.74) is 3.66. The van der Waals surface area contributed by atoms with Gasteiger partial charge in [-0.05, 0) is 38.1 Å². The molecule has 2 nitrogen and oxygen atoms in total. The molecular weight excluding hydrogens is 210 g/mol. The van der Waals surface area contributed by atoms with Gasteiger partial charge in [0.15, 0.2) is 5.78 Å². The fourth-order valence-electron chi connectivity index (χ4n) is 1.74. The van der Waals surface area contributed by atoms with E-state index in [1.54, 1.807) is 6.92 Å². The van der Waals surface area contributed by atoms with Crippen molar-refractivity contribution in [2.45, 2.75) is 13.8 Å². The molecule has 1 N–H and O–H groups in total. The van der Waals surface area contributed by atoms with Crippen molar-refractivity contribution in [3.8, 4) is 0 Å². The number of rotatable bonds is 3. The molecule has 0 amide bonds. The summed E-state index contributed by atoms with van der Waals surface area (Å²) in [5, 5.41) is 3.26. The zero-order chi connectivity index (χ0) is 12.3. The van der Waals surface area contributed by atoms with Gasteiger partial charge < -0.3 is 5.32 Å². The predicted octanol–water partition coefficient (Wildman–Crippen LogP) is 3.94. The summed E-state index contributed by atoms with van der Waals surface area (Å²) in [6.07, 6.45) is 0. The standard InChI is InChI=1S/C15H15NO/c1-11-8-9-15(14(10-11)12(2)17)16-13-6-4-3-5-7-13/h3-10,16H,1-2H3. The maximum atomic E-state index is 11.6. The van der Waals surface area contributed by atoms with Crippen molar-refractivity contribution >= 4 is 17.2 Å². The molecule has 0 aliphatic rings.